The average Bonchev–Trinajstić information content (AvgIpc) is 2.79. The van der Waals surface area contributed by atoms with Crippen LogP contribution in [0.25, 0.3) is 0 Å². The lowest BCUT2D eigenvalue weighted by atomic mass is 9.96. The van der Waals surface area contributed by atoms with E-state index in [1.807, 2.05) is 35.2 Å². The molecule has 8 heteroatoms. The van der Waals surface area contributed by atoms with E-state index in [0.29, 0.717) is 38.2 Å². The predicted octanol–water partition coefficient (Wildman–Crippen LogP) is 3.40. The van der Waals surface area contributed by atoms with Crippen LogP contribution in [0.3, 0.4) is 0 Å². The second kappa shape index (κ2) is 10.1. The zero-order valence-electron chi connectivity index (χ0n) is 17.8. The highest BCUT2D eigenvalue weighted by atomic mass is 16.6. The molecule has 1 amide bonds. The van der Waals surface area contributed by atoms with Gasteiger partial charge in [-0.3, -0.25) is 19.7 Å². The number of nitrogens with zero attached hydrogens (tertiary/aromatic N) is 3. The maximum Gasteiger partial charge on any atom is 0.309 e. The maximum absolute atomic E-state index is 12.6. The molecule has 1 aliphatic heterocycles. The van der Waals surface area contributed by atoms with Gasteiger partial charge >= 0.3 is 5.97 Å². The van der Waals surface area contributed by atoms with Gasteiger partial charge < -0.3 is 14.5 Å². The fourth-order valence-corrected chi connectivity index (χ4v) is 3.81. The van der Waals surface area contributed by atoms with Gasteiger partial charge in [0.05, 0.1) is 10.8 Å². The molecule has 0 radical (unpaired) electrons. The third kappa shape index (κ3) is 5.59. The van der Waals surface area contributed by atoms with Crippen molar-refractivity contribution in [2.75, 3.05) is 25.0 Å². The summed E-state index contributed by atoms with van der Waals surface area (Å²) in [5.41, 5.74) is 1.62. The van der Waals surface area contributed by atoms with Gasteiger partial charge in [0.2, 0.25) is 0 Å². The van der Waals surface area contributed by atoms with E-state index >= 15 is 0 Å². The first kappa shape index (κ1) is 22.3. The van der Waals surface area contributed by atoms with Gasteiger partial charge in [-0.1, -0.05) is 42.5 Å². The highest BCUT2D eigenvalue weighted by molar-refractivity contribution is 5.84. The monoisotopic (exact) mass is 425 g/mol. The Morgan fingerprint density at radius 1 is 1.13 bits per heavy atom. The molecule has 0 saturated carbocycles. The van der Waals surface area contributed by atoms with Crippen LogP contribution in [0.1, 0.15) is 25.3 Å². The predicted molar refractivity (Wildman–Crippen MR) is 117 cm³/mol. The van der Waals surface area contributed by atoms with Gasteiger partial charge in [0.15, 0.2) is 6.10 Å². The highest BCUT2D eigenvalue weighted by Crippen LogP contribution is 2.31. The van der Waals surface area contributed by atoms with E-state index in [1.54, 1.807) is 37.1 Å². The van der Waals surface area contributed by atoms with E-state index in [2.05, 4.69) is 0 Å². The van der Waals surface area contributed by atoms with Crippen LogP contribution < -0.4 is 4.90 Å². The molecule has 0 spiro atoms. The molecule has 0 aromatic heterocycles. The van der Waals surface area contributed by atoms with Gasteiger partial charge in [-0.05, 0) is 31.4 Å². The van der Waals surface area contributed by atoms with Crippen LogP contribution in [0, 0.1) is 16.0 Å². The number of rotatable bonds is 7. The van der Waals surface area contributed by atoms with Crippen molar-refractivity contribution >= 4 is 23.3 Å². The minimum atomic E-state index is -0.866. The number of benzene rings is 2. The minimum Gasteiger partial charge on any atom is -0.452 e. The average molecular weight is 425 g/mol. The first-order valence-electron chi connectivity index (χ1n) is 10.3. The summed E-state index contributed by atoms with van der Waals surface area (Å²) in [6.45, 7) is 3.06. The van der Waals surface area contributed by atoms with Gasteiger partial charge in [0, 0.05) is 32.7 Å². The molecular weight excluding hydrogens is 398 g/mol. The smallest absolute Gasteiger partial charge is 0.309 e. The van der Waals surface area contributed by atoms with Gasteiger partial charge in [0.1, 0.15) is 5.69 Å². The van der Waals surface area contributed by atoms with Crippen LogP contribution in [0.2, 0.25) is 0 Å². The normalized spacial score (nSPS) is 15.2. The fourth-order valence-electron chi connectivity index (χ4n) is 3.81. The Morgan fingerprint density at radius 3 is 2.39 bits per heavy atom. The van der Waals surface area contributed by atoms with E-state index in [-0.39, 0.29) is 17.5 Å². The Bertz CT molecular complexity index is 926. The number of para-hydroxylation sites is 2. The zero-order valence-corrected chi connectivity index (χ0v) is 17.8. The quantitative estimate of drug-likeness (QED) is 0.383. The van der Waals surface area contributed by atoms with Crippen molar-refractivity contribution in [3.05, 3.63) is 70.3 Å². The molecule has 1 heterocycles. The Kier molecular flexibility index (Phi) is 7.23. The second-order valence-corrected chi connectivity index (χ2v) is 7.77. The van der Waals surface area contributed by atoms with E-state index < -0.39 is 17.0 Å². The lowest BCUT2D eigenvalue weighted by Gasteiger charge is -2.32. The number of amides is 1. The molecule has 0 N–H and O–H groups in total. The first-order valence-corrected chi connectivity index (χ1v) is 10.3. The molecule has 31 heavy (non-hydrogen) atoms. The summed E-state index contributed by atoms with van der Waals surface area (Å²) < 4.78 is 5.46. The lowest BCUT2D eigenvalue weighted by Crippen LogP contribution is -2.41. The molecule has 0 unspecified atom stereocenters. The van der Waals surface area contributed by atoms with E-state index in [0.717, 1.165) is 5.56 Å². The summed E-state index contributed by atoms with van der Waals surface area (Å²) in [5.74, 6) is -0.973. The van der Waals surface area contributed by atoms with Crippen LogP contribution in [-0.4, -0.2) is 47.9 Å². The molecule has 164 valence electrons. The van der Waals surface area contributed by atoms with Crippen LogP contribution in [0.15, 0.2) is 54.6 Å². The molecule has 1 atom stereocenters. The van der Waals surface area contributed by atoms with Crippen LogP contribution in [0.5, 0.6) is 0 Å². The number of esters is 1. The zero-order chi connectivity index (χ0) is 22.4. The topological polar surface area (TPSA) is 93.0 Å². The van der Waals surface area contributed by atoms with Crippen molar-refractivity contribution in [1.29, 1.82) is 0 Å². The first-order chi connectivity index (χ1) is 14.9. The van der Waals surface area contributed by atoms with E-state index in [1.165, 1.54) is 6.07 Å². The van der Waals surface area contributed by atoms with Crippen molar-refractivity contribution in [2.24, 2.45) is 5.92 Å². The number of ether oxygens (including phenoxy) is 1. The minimum absolute atomic E-state index is 0.0594. The van der Waals surface area contributed by atoms with Crippen molar-refractivity contribution in [3.63, 3.8) is 0 Å². The molecule has 2 aromatic carbocycles. The third-order valence-corrected chi connectivity index (χ3v) is 5.53. The molecule has 3 rings (SSSR count). The molecular formula is C23H27N3O5. The van der Waals surface area contributed by atoms with Gasteiger partial charge in [-0.15, -0.1) is 0 Å². The summed E-state index contributed by atoms with van der Waals surface area (Å²) in [7, 11) is 1.69. The van der Waals surface area contributed by atoms with Crippen molar-refractivity contribution in [3.8, 4) is 0 Å². The number of carbonyl (C=O) groups excluding carboxylic acids is 2. The lowest BCUT2D eigenvalue weighted by molar-refractivity contribution is -0.384. The SMILES string of the molecule is C[C@H](OC(=O)C1CCN(c2ccccc2[N+](=O)[O-])CC1)C(=O)N(C)Cc1ccccc1. The van der Waals surface area contributed by atoms with Crippen LogP contribution in [-0.2, 0) is 20.9 Å². The van der Waals surface area contributed by atoms with Crippen LogP contribution in [0.4, 0.5) is 11.4 Å². The standard InChI is InChI=1S/C23H27N3O5/c1-17(22(27)24(2)16-18-8-4-3-5-9-18)31-23(28)19-12-14-25(15-13-19)20-10-6-7-11-21(20)26(29)30/h3-11,17,19H,12-16H2,1-2H3/t17-/m0/s1. The largest absolute Gasteiger partial charge is 0.452 e. The summed E-state index contributed by atoms with van der Waals surface area (Å²) >= 11 is 0. The fraction of sp³-hybridized carbons (Fsp3) is 0.391. The summed E-state index contributed by atoms with van der Waals surface area (Å²) in [4.78, 5) is 39.5. The summed E-state index contributed by atoms with van der Waals surface area (Å²) in [6, 6.07) is 16.2. The molecule has 8 nitrogen and oxygen atoms in total. The number of piperidine rings is 1. The Labute approximate surface area is 181 Å². The molecule has 2 aromatic rings. The Balaban J connectivity index is 1.51. The molecule has 1 fully saturated rings. The van der Waals surface area contributed by atoms with E-state index in [4.69, 9.17) is 4.74 Å². The van der Waals surface area contributed by atoms with E-state index in [9.17, 15) is 19.7 Å². The van der Waals surface area contributed by atoms with Gasteiger partial charge in [-0.2, -0.15) is 0 Å². The number of nitro groups is 1. The maximum atomic E-state index is 12.6. The highest BCUT2D eigenvalue weighted by Gasteiger charge is 2.31. The molecule has 1 saturated heterocycles. The number of likely N-dealkylation sites (N-methyl/N-ethyl adjacent to an activating group) is 1. The molecule has 1 aliphatic rings. The second-order valence-electron chi connectivity index (χ2n) is 7.77. The van der Waals surface area contributed by atoms with Crippen LogP contribution >= 0.6 is 0 Å². The summed E-state index contributed by atoms with van der Waals surface area (Å²) in [6.07, 6.45) is 0.173. The molecule has 0 aliphatic carbocycles. The number of hydrogen-bond donors (Lipinski definition) is 0. The number of anilines is 1. The number of hydrogen-bond acceptors (Lipinski definition) is 6. The molecule has 0 bridgehead atoms. The van der Waals surface area contributed by atoms with Crippen molar-refractivity contribution in [2.45, 2.75) is 32.4 Å². The number of nitro benzene ring substituents is 1. The summed E-state index contributed by atoms with van der Waals surface area (Å²) in [5, 5.41) is 11.3. The Morgan fingerprint density at radius 2 is 1.74 bits per heavy atom. The Hall–Kier alpha value is -3.42. The van der Waals surface area contributed by atoms with Crippen molar-refractivity contribution < 1.29 is 19.2 Å². The van der Waals surface area contributed by atoms with Gasteiger partial charge in [-0.25, -0.2) is 0 Å². The van der Waals surface area contributed by atoms with Crippen molar-refractivity contribution in [1.82, 2.24) is 4.90 Å². The van der Waals surface area contributed by atoms with Gasteiger partial charge in [0.25, 0.3) is 11.6 Å². The number of carbonyl (C=O) groups is 2. The third-order valence-electron chi connectivity index (χ3n) is 5.53.